The summed E-state index contributed by atoms with van der Waals surface area (Å²) >= 11 is 0. The Balaban J connectivity index is 1.86. The van der Waals surface area contributed by atoms with Crippen LogP contribution in [0.1, 0.15) is 19.8 Å². The third kappa shape index (κ3) is 4.21. The molecule has 6 nitrogen and oxygen atoms in total. The van der Waals surface area contributed by atoms with Crippen LogP contribution >= 0.6 is 0 Å². The van der Waals surface area contributed by atoms with Crippen molar-refractivity contribution in [2.45, 2.75) is 35.6 Å². The van der Waals surface area contributed by atoms with Crippen LogP contribution in [0.5, 0.6) is 5.75 Å². The standard InChI is InChI=1S/C19H22FNO5S2/c1-2-26-19-11-10-17(13-18(19)20)28(24,25)21-12-6-7-15(21)14-27(22,23)16-8-4-3-5-9-16/h3-5,8-11,13,15H,2,6-7,12,14H2,1H3/t15-/m1/s1. The number of rotatable bonds is 7. The molecule has 0 bridgehead atoms. The molecule has 2 aromatic rings. The van der Waals surface area contributed by atoms with Crippen molar-refractivity contribution in [1.29, 1.82) is 0 Å². The lowest BCUT2D eigenvalue weighted by Gasteiger charge is -2.24. The van der Waals surface area contributed by atoms with E-state index in [9.17, 15) is 21.2 Å². The average molecular weight is 428 g/mol. The summed E-state index contributed by atoms with van der Waals surface area (Å²) in [7, 11) is -7.66. The maximum absolute atomic E-state index is 14.1. The zero-order chi connectivity index (χ0) is 20.4. The zero-order valence-electron chi connectivity index (χ0n) is 15.4. The van der Waals surface area contributed by atoms with Crippen molar-refractivity contribution in [1.82, 2.24) is 4.31 Å². The topological polar surface area (TPSA) is 80.8 Å². The molecule has 0 aliphatic carbocycles. The molecular weight excluding hydrogens is 405 g/mol. The Bertz CT molecular complexity index is 1040. The van der Waals surface area contributed by atoms with Gasteiger partial charge < -0.3 is 4.74 Å². The molecule has 1 heterocycles. The monoisotopic (exact) mass is 427 g/mol. The molecular formula is C19H22FNO5S2. The predicted molar refractivity (Wildman–Crippen MR) is 103 cm³/mol. The Labute approximate surface area is 164 Å². The van der Waals surface area contributed by atoms with Crippen molar-refractivity contribution >= 4 is 19.9 Å². The second-order valence-corrected chi connectivity index (χ2v) is 10.5. The van der Waals surface area contributed by atoms with Gasteiger partial charge in [-0.25, -0.2) is 21.2 Å². The molecule has 1 aliphatic heterocycles. The summed E-state index contributed by atoms with van der Waals surface area (Å²) in [5, 5.41) is 0. The van der Waals surface area contributed by atoms with Crippen LogP contribution in [0.3, 0.4) is 0 Å². The number of hydrogen-bond donors (Lipinski definition) is 0. The minimum atomic E-state index is -4.02. The number of ether oxygens (including phenoxy) is 1. The lowest BCUT2D eigenvalue weighted by atomic mass is 10.3. The van der Waals surface area contributed by atoms with Crippen LogP contribution < -0.4 is 4.74 Å². The third-order valence-corrected chi connectivity index (χ3v) is 8.41. The largest absolute Gasteiger partial charge is 0.491 e. The van der Waals surface area contributed by atoms with E-state index in [1.54, 1.807) is 25.1 Å². The summed E-state index contributed by atoms with van der Waals surface area (Å²) in [5.74, 6) is -1.10. The van der Waals surface area contributed by atoms with E-state index >= 15 is 0 Å². The minimum Gasteiger partial charge on any atom is -0.491 e. The first-order chi connectivity index (χ1) is 13.3. The van der Waals surface area contributed by atoms with E-state index in [4.69, 9.17) is 4.74 Å². The van der Waals surface area contributed by atoms with Crippen LogP contribution in [0, 0.1) is 5.82 Å². The van der Waals surface area contributed by atoms with Gasteiger partial charge in [-0.1, -0.05) is 18.2 Å². The number of hydrogen-bond acceptors (Lipinski definition) is 5. The molecule has 1 aliphatic rings. The van der Waals surface area contributed by atoms with Crippen molar-refractivity contribution in [2.24, 2.45) is 0 Å². The Morgan fingerprint density at radius 2 is 1.79 bits per heavy atom. The minimum absolute atomic E-state index is 0.0222. The van der Waals surface area contributed by atoms with Gasteiger partial charge in [0.1, 0.15) is 0 Å². The Hall–Kier alpha value is -1.97. The van der Waals surface area contributed by atoms with Crippen molar-refractivity contribution in [3.8, 4) is 5.75 Å². The highest BCUT2D eigenvalue weighted by Crippen LogP contribution is 2.30. The van der Waals surface area contributed by atoms with Gasteiger partial charge in [0.2, 0.25) is 10.0 Å². The first kappa shape index (κ1) is 20.8. The van der Waals surface area contributed by atoms with E-state index in [-0.39, 0.29) is 34.4 Å². The Morgan fingerprint density at radius 1 is 1.07 bits per heavy atom. The maximum Gasteiger partial charge on any atom is 0.243 e. The molecule has 28 heavy (non-hydrogen) atoms. The molecule has 0 N–H and O–H groups in total. The lowest BCUT2D eigenvalue weighted by molar-refractivity contribution is 0.321. The van der Waals surface area contributed by atoms with Gasteiger partial charge in [0.15, 0.2) is 21.4 Å². The van der Waals surface area contributed by atoms with Gasteiger partial charge in [0.25, 0.3) is 0 Å². The molecule has 9 heteroatoms. The Kier molecular flexibility index (Phi) is 6.07. The number of sulfonamides is 1. The van der Waals surface area contributed by atoms with E-state index in [1.165, 1.54) is 28.6 Å². The second-order valence-electron chi connectivity index (χ2n) is 6.53. The third-order valence-electron chi connectivity index (χ3n) is 4.65. The summed E-state index contributed by atoms with van der Waals surface area (Å²) in [5.41, 5.74) is 0. The van der Waals surface area contributed by atoms with Gasteiger partial charge in [-0.05, 0) is 50.1 Å². The van der Waals surface area contributed by atoms with E-state index in [0.29, 0.717) is 12.8 Å². The molecule has 1 fully saturated rings. The van der Waals surface area contributed by atoms with Gasteiger partial charge in [-0.15, -0.1) is 0 Å². The van der Waals surface area contributed by atoms with Gasteiger partial charge in [0.05, 0.1) is 22.2 Å². The van der Waals surface area contributed by atoms with Crippen LogP contribution in [0.4, 0.5) is 4.39 Å². The molecule has 3 rings (SSSR count). The lowest BCUT2D eigenvalue weighted by Crippen LogP contribution is -2.39. The second kappa shape index (κ2) is 8.18. The highest BCUT2D eigenvalue weighted by Gasteiger charge is 2.38. The highest BCUT2D eigenvalue weighted by atomic mass is 32.2. The molecule has 1 saturated heterocycles. The van der Waals surface area contributed by atoms with Gasteiger partial charge >= 0.3 is 0 Å². The molecule has 0 unspecified atom stereocenters. The summed E-state index contributed by atoms with van der Waals surface area (Å²) in [6.07, 6.45) is 0.985. The van der Waals surface area contributed by atoms with Crippen molar-refractivity contribution < 1.29 is 26.0 Å². The molecule has 0 radical (unpaired) electrons. The number of benzene rings is 2. The summed E-state index contributed by atoms with van der Waals surface area (Å²) < 4.78 is 71.8. The molecule has 0 saturated carbocycles. The van der Waals surface area contributed by atoms with Gasteiger partial charge in [-0.3, -0.25) is 0 Å². The van der Waals surface area contributed by atoms with Crippen molar-refractivity contribution in [3.63, 3.8) is 0 Å². The smallest absolute Gasteiger partial charge is 0.243 e. The first-order valence-electron chi connectivity index (χ1n) is 8.97. The molecule has 0 spiro atoms. The molecule has 2 aromatic carbocycles. The maximum atomic E-state index is 14.1. The SMILES string of the molecule is CCOc1ccc(S(=O)(=O)N2CCC[C@@H]2CS(=O)(=O)c2ccccc2)cc1F. The molecule has 0 aromatic heterocycles. The Morgan fingerprint density at radius 3 is 2.43 bits per heavy atom. The van der Waals surface area contributed by atoms with Gasteiger partial charge in [-0.2, -0.15) is 4.31 Å². The molecule has 0 amide bonds. The van der Waals surface area contributed by atoms with E-state index in [2.05, 4.69) is 0 Å². The fourth-order valence-corrected chi connectivity index (χ4v) is 6.74. The van der Waals surface area contributed by atoms with Crippen LogP contribution in [0.25, 0.3) is 0 Å². The number of sulfone groups is 1. The zero-order valence-corrected chi connectivity index (χ0v) is 17.0. The van der Waals surface area contributed by atoms with Crippen molar-refractivity contribution in [2.75, 3.05) is 18.9 Å². The quantitative estimate of drug-likeness (QED) is 0.679. The van der Waals surface area contributed by atoms with E-state index < -0.39 is 31.7 Å². The van der Waals surface area contributed by atoms with Gasteiger partial charge in [0, 0.05) is 12.6 Å². The number of nitrogens with zero attached hydrogens (tertiary/aromatic N) is 1. The van der Waals surface area contributed by atoms with Crippen LogP contribution in [-0.4, -0.2) is 46.1 Å². The summed E-state index contributed by atoms with van der Waals surface area (Å²) in [4.78, 5) is -0.0520. The summed E-state index contributed by atoms with van der Waals surface area (Å²) in [6, 6.07) is 10.7. The molecule has 1 atom stereocenters. The highest BCUT2D eigenvalue weighted by molar-refractivity contribution is 7.91. The number of halogens is 1. The van der Waals surface area contributed by atoms with E-state index in [0.717, 1.165) is 6.07 Å². The predicted octanol–water partition coefficient (Wildman–Crippen LogP) is 2.85. The summed E-state index contributed by atoms with van der Waals surface area (Å²) in [6.45, 7) is 2.16. The first-order valence-corrected chi connectivity index (χ1v) is 12.1. The fourth-order valence-electron chi connectivity index (χ4n) is 3.32. The van der Waals surface area contributed by atoms with Crippen LogP contribution in [-0.2, 0) is 19.9 Å². The van der Waals surface area contributed by atoms with Crippen LogP contribution in [0.15, 0.2) is 58.3 Å². The fraction of sp³-hybridized carbons (Fsp3) is 0.368. The van der Waals surface area contributed by atoms with E-state index in [1.807, 2.05) is 0 Å². The normalized spacial score (nSPS) is 18.3. The molecule has 152 valence electrons. The van der Waals surface area contributed by atoms with Crippen molar-refractivity contribution in [3.05, 3.63) is 54.3 Å². The average Bonchev–Trinajstić information content (AvgIpc) is 3.12. The van der Waals surface area contributed by atoms with Crippen LogP contribution in [0.2, 0.25) is 0 Å².